The van der Waals surface area contributed by atoms with Crippen molar-refractivity contribution >= 4 is 69.5 Å². The molecule has 1 aliphatic heterocycles. The van der Waals surface area contributed by atoms with Crippen molar-refractivity contribution in [2.75, 3.05) is 0 Å². The van der Waals surface area contributed by atoms with Gasteiger partial charge in [-0.2, -0.15) is 0 Å². The highest BCUT2D eigenvalue weighted by Gasteiger charge is 2.38. The largest absolute Gasteiger partial charge is 0.480 e. The average Bonchev–Trinajstić information content (AvgIpc) is 2.68. The Hall–Kier alpha value is -1.08. The molecule has 110 valence electrons. The van der Waals surface area contributed by atoms with Crippen LogP contribution in [-0.4, -0.2) is 32.2 Å². The topological polar surface area (TPSA) is 57.6 Å². The van der Waals surface area contributed by atoms with Crippen LogP contribution >= 0.6 is 47.2 Å². The molecule has 1 aromatic carbocycles. The molecule has 2 rings (SSSR count). The van der Waals surface area contributed by atoms with Gasteiger partial charge in [0.15, 0.2) is 0 Å². The summed E-state index contributed by atoms with van der Waals surface area (Å²) in [5, 5.41) is 9.80. The van der Waals surface area contributed by atoms with Crippen LogP contribution in [0.15, 0.2) is 23.1 Å². The van der Waals surface area contributed by atoms with E-state index in [4.69, 9.17) is 40.5 Å². The fourth-order valence-electron chi connectivity index (χ4n) is 1.68. The van der Waals surface area contributed by atoms with E-state index in [0.717, 1.165) is 16.7 Å². The third-order valence-corrected chi connectivity index (χ3v) is 4.88. The number of hydrogen-bond donors (Lipinski definition) is 1. The van der Waals surface area contributed by atoms with E-state index in [9.17, 15) is 9.59 Å². The Kier molecular flexibility index (Phi) is 4.93. The van der Waals surface area contributed by atoms with Gasteiger partial charge in [-0.05, 0) is 30.7 Å². The van der Waals surface area contributed by atoms with E-state index in [1.165, 1.54) is 6.92 Å². The highest BCUT2D eigenvalue weighted by Crippen LogP contribution is 2.34. The summed E-state index contributed by atoms with van der Waals surface area (Å²) in [4.78, 5) is 24.7. The molecule has 0 aromatic heterocycles. The Morgan fingerprint density at radius 1 is 1.43 bits per heavy atom. The first-order valence-corrected chi connectivity index (χ1v) is 7.74. The lowest BCUT2D eigenvalue weighted by Gasteiger charge is -2.18. The van der Waals surface area contributed by atoms with Crippen LogP contribution in [-0.2, 0) is 9.59 Å². The number of benzene rings is 1. The zero-order chi connectivity index (χ0) is 15.7. The standard InChI is InChI=1S/C13H9Cl2NO3S2/c1-6(12(18)19)16-11(17)10(21-13(16)20)5-7-2-3-8(14)9(15)4-7/h2-6H,1H3,(H,18,19)/b10-5-/t6-/m1/s1. The molecule has 0 aliphatic carbocycles. The molecular formula is C13H9Cl2NO3S2. The lowest BCUT2D eigenvalue weighted by molar-refractivity contribution is -0.144. The van der Waals surface area contributed by atoms with Gasteiger partial charge in [-0.25, -0.2) is 4.79 Å². The average molecular weight is 362 g/mol. The maximum Gasteiger partial charge on any atom is 0.326 e. The summed E-state index contributed by atoms with van der Waals surface area (Å²) in [5.41, 5.74) is 0.688. The predicted molar refractivity (Wildman–Crippen MR) is 88.6 cm³/mol. The molecule has 0 spiro atoms. The van der Waals surface area contributed by atoms with E-state index in [0.29, 0.717) is 20.5 Å². The second kappa shape index (κ2) is 6.36. The molecule has 1 atom stereocenters. The third-order valence-electron chi connectivity index (χ3n) is 2.81. The Morgan fingerprint density at radius 2 is 2.10 bits per heavy atom. The summed E-state index contributed by atoms with van der Waals surface area (Å²) >= 11 is 17.9. The van der Waals surface area contributed by atoms with Crippen LogP contribution in [0.3, 0.4) is 0 Å². The molecule has 1 aliphatic rings. The van der Waals surface area contributed by atoms with Crippen molar-refractivity contribution in [1.82, 2.24) is 4.90 Å². The number of nitrogens with zero attached hydrogens (tertiary/aromatic N) is 1. The molecule has 1 fully saturated rings. The van der Waals surface area contributed by atoms with Gasteiger partial charge in [0, 0.05) is 0 Å². The lowest BCUT2D eigenvalue weighted by Crippen LogP contribution is -2.41. The van der Waals surface area contributed by atoms with Crippen molar-refractivity contribution in [3.63, 3.8) is 0 Å². The van der Waals surface area contributed by atoms with E-state index in [1.807, 2.05) is 0 Å². The van der Waals surface area contributed by atoms with Crippen LogP contribution in [0.4, 0.5) is 0 Å². The molecule has 1 N–H and O–H groups in total. The highest BCUT2D eigenvalue weighted by molar-refractivity contribution is 8.26. The predicted octanol–water partition coefficient (Wildman–Crippen LogP) is 3.67. The highest BCUT2D eigenvalue weighted by atomic mass is 35.5. The SMILES string of the molecule is C[C@H](C(=O)O)N1C(=O)/C(=C/c2ccc(Cl)c(Cl)c2)SC1=S. The van der Waals surface area contributed by atoms with Gasteiger partial charge in [0.25, 0.3) is 5.91 Å². The lowest BCUT2D eigenvalue weighted by atomic mass is 10.2. The number of thioether (sulfide) groups is 1. The second-order valence-electron chi connectivity index (χ2n) is 4.24. The van der Waals surface area contributed by atoms with Gasteiger partial charge in [0.05, 0.1) is 15.0 Å². The molecule has 4 nitrogen and oxygen atoms in total. The first-order valence-electron chi connectivity index (χ1n) is 5.76. The molecule has 1 saturated heterocycles. The quantitative estimate of drug-likeness (QED) is 0.657. The minimum absolute atomic E-state index is 0.223. The fourth-order valence-corrected chi connectivity index (χ4v) is 3.40. The van der Waals surface area contributed by atoms with E-state index in [1.54, 1.807) is 24.3 Å². The second-order valence-corrected chi connectivity index (χ2v) is 6.73. The molecule has 1 heterocycles. The van der Waals surface area contributed by atoms with E-state index < -0.39 is 17.9 Å². The van der Waals surface area contributed by atoms with E-state index in [-0.39, 0.29) is 4.32 Å². The Balaban J connectivity index is 2.32. The summed E-state index contributed by atoms with van der Waals surface area (Å²) < 4.78 is 0.223. The Morgan fingerprint density at radius 3 is 2.67 bits per heavy atom. The van der Waals surface area contributed by atoms with Crippen LogP contribution in [0.25, 0.3) is 6.08 Å². The van der Waals surface area contributed by atoms with Crippen LogP contribution in [0.1, 0.15) is 12.5 Å². The summed E-state index contributed by atoms with van der Waals surface area (Å²) in [6.45, 7) is 1.41. The maximum absolute atomic E-state index is 12.2. The van der Waals surface area contributed by atoms with Crippen molar-refractivity contribution in [3.8, 4) is 0 Å². The van der Waals surface area contributed by atoms with Gasteiger partial charge in [-0.3, -0.25) is 9.69 Å². The van der Waals surface area contributed by atoms with E-state index >= 15 is 0 Å². The van der Waals surface area contributed by atoms with Gasteiger partial charge in [0.1, 0.15) is 10.4 Å². The minimum atomic E-state index is -1.11. The van der Waals surface area contributed by atoms with Crippen LogP contribution in [0, 0.1) is 0 Å². The van der Waals surface area contributed by atoms with Crippen molar-refractivity contribution < 1.29 is 14.7 Å². The molecule has 1 amide bonds. The fraction of sp³-hybridized carbons (Fsp3) is 0.154. The van der Waals surface area contributed by atoms with Gasteiger partial charge in [0.2, 0.25) is 0 Å². The first-order chi connectivity index (χ1) is 9.81. The molecule has 0 radical (unpaired) electrons. The summed E-state index contributed by atoms with van der Waals surface area (Å²) in [6.07, 6.45) is 1.61. The number of hydrogen-bond acceptors (Lipinski definition) is 4. The number of carbonyl (C=O) groups excluding carboxylic acids is 1. The number of carboxylic acids is 1. The Labute approximate surface area is 140 Å². The van der Waals surface area contributed by atoms with Crippen molar-refractivity contribution in [2.24, 2.45) is 0 Å². The van der Waals surface area contributed by atoms with Crippen LogP contribution in [0.2, 0.25) is 10.0 Å². The smallest absolute Gasteiger partial charge is 0.326 e. The Bertz CT molecular complexity index is 675. The van der Waals surface area contributed by atoms with E-state index in [2.05, 4.69) is 0 Å². The molecule has 0 bridgehead atoms. The van der Waals surface area contributed by atoms with Crippen molar-refractivity contribution in [1.29, 1.82) is 0 Å². The number of aliphatic carboxylic acids is 1. The molecule has 0 saturated carbocycles. The first kappa shape index (κ1) is 16.3. The number of carbonyl (C=O) groups is 2. The molecule has 8 heteroatoms. The third kappa shape index (κ3) is 3.40. The van der Waals surface area contributed by atoms with Crippen molar-refractivity contribution in [3.05, 3.63) is 38.7 Å². The maximum atomic E-state index is 12.2. The number of thiocarbonyl (C=S) groups is 1. The van der Waals surface area contributed by atoms with Gasteiger partial charge >= 0.3 is 5.97 Å². The zero-order valence-corrected chi connectivity index (χ0v) is 13.8. The number of amides is 1. The monoisotopic (exact) mass is 361 g/mol. The summed E-state index contributed by atoms with van der Waals surface area (Å²) in [6, 6.07) is 3.95. The van der Waals surface area contributed by atoms with Gasteiger partial charge in [-0.1, -0.05) is 53.2 Å². The minimum Gasteiger partial charge on any atom is -0.480 e. The summed E-state index contributed by atoms with van der Waals surface area (Å²) in [7, 11) is 0. The number of rotatable bonds is 3. The number of carboxylic acid groups (broad SMARTS) is 1. The molecule has 1 aromatic rings. The van der Waals surface area contributed by atoms with Gasteiger partial charge < -0.3 is 5.11 Å². The molecule has 0 unspecified atom stereocenters. The molecule has 21 heavy (non-hydrogen) atoms. The van der Waals surface area contributed by atoms with Crippen LogP contribution < -0.4 is 0 Å². The molecular weight excluding hydrogens is 353 g/mol. The normalized spacial score (nSPS) is 18.4. The zero-order valence-electron chi connectivity index (χ0n) is 10.7. The number of halogens is 2. The van der Waals surface area contributed by atoms with Crippen LogP contribution in [0.5, 0.6) is 0 Å². The van der Waals surface area contributed by atoms with Crippen molar-refractivity contribution in [2.45, 2.75) is 13.0 Å². The van der Waals surface area contributed by atoms with Gasteiger partial charge in [-0.15, -0.1) is 0 Å². The summed E-state index contributed by atoms with van der Waals surface area (Å²) in [5.74, 6) is -1.53.